The van der Waals surface area contributed by atoms with E-state index >= 15 is 0 Å². The number of nitrogens with one attached hydrogen (secondary N) is 2. The predicted molar refractivity (Wildman–Crippen MR) is 75.7 cm³/mol. The number of thiazole rings is 1. The molecule has 0 aliphatic carbocycles. The number of carbonyl (C=O) groups is 1. The number of hydrogen-bond donors (Lipinski definition) is 2. The molecule has 2 amide bonds. The molecule has 18 heavy (non-hydrogen) atoms. The summed E-state index contributed by atoms with van der Waals surface area (Å²) in [4.78, 5) is 16.8. The monoisotopic (exact) mass is 267 g/mol. The molecule has 4 nitrogen and oxygen atoms in total. The second-order valence-corrected chi connectivity index (χ2v) is 6.01. The van der Waals surface area contributed by atoms with Crippen LogP contribution in [0.3, 0.4) is 0 Å². The Kier molecular flexibility index (Phi) is 5.85. The molecule has 1 heterocycles. The van der Waals surface area contributed by atoms with Gasteiger partial charge in [0.25, 0.3) is 0 Å². The highest BCUT2D eigenvalue weighted by Gasteiger charge is 2.05. The van der Waals surface area contributed by atoms with Gasteiger partial charge in [-0.25, -0.2) is 9.78 Å². The van der Waals surface area contributed by atoms with Crippen LogP contribution in [0.1, 0.15) is 30.7 Å². The topological polar surface area (TPSA) is 54.0 Å². The van der Waals surface area contributed by atoms with Gasteiger partial charge in [-0.1, -0.05) is 26.0 Å². The highest BCUT2D eigenvalue weighted by atomic mass is 32.1. The van der Waals surface area contributed by atoms with Crippen molar-refractivity contribution in [1.82, 2.24) is 15.6 Å². The first-order valence-corrected chi connectivity index (χ1v) is 6.88. The van der Waals surface area contributed by atoms with Crippen LogP contribution < -0.4 is 10.6 Å². The van der Waals surface area contributed by atoms with E-state index in [1.54, 1.807) is 11.3 Å². The number of nitrogens with zero attached hydrogens (tertiary/aromatic N) is 1. The van der Waals surface area contributed by atoms with Gasteiger partial charge < -0.3 is 10.6 Å². The van der Waals surface area contributed by atoms with Crippen LogP contribution >= 0.6 is 11.3 Å². The fraction of sp³-hybridized carbons (Fsp3) is 0.538. The number of urea groups is 1. The molecule has 0 unspecified atom stereocenters. The lowest BCUT2D eigenvalue weighted by Gasteiger charge is -2.05. The van der Waals surface area contributed by atoms with Gasteiger partial charge in [-0.2, -0.15) is 0 Å². The molecule has 0 atom stereocenters. The van der Waals surface area contributed by atoms with Crippen LogP contribution in [0.15, 0.2) is 18.3 Å². The van der Waals surface area contributed by atoms with Crippen molar-refractivity contribution in [3.63, 3.8) is 0 Å². The van der Waals surface area contributed by atoms with E-state index in [1.165, 1.54) is 0 Å². The van der Waals surface area contributed by atoms with Crippen molar-refractivity contribution >= 4 is 17.4 Å². The molecular weight excluding hydrogens is 246 g/mol. The molecular formula is C13H21N3OS. The van der Waals surface area contributed by atoms with Gasteiger partial charge in [0, 0.05) is 24.0 Å². The first-order chi connectivity index (χ1) is 8.47. The van der Waals surface area contributed by atoms with Crippen LogP contribution in [0.5, 0.6) is 0 Å². The van der Waals surface area contributed by atoms with Crippen molar-refractivity contribution in [2.45, 2.75) is 33.7 Å². The predicted octanol–water partition coefficient (Wildman–Crippen LogP) is 2.72. The summed E-state index contributed by atoms with van der Waals surface area (Å²) in [6, 6.07) is -0.170. The van der Waals surface area contributed by atoms with Crippen LogP contribution in [-0.2, 0) is 13.0 Å². The van der Waals surface area contributed by atoms with Gasteiger partial charge in [0.15, 0.2) is 0 Å². The standard InChI is InChI=1S/C13H21N3OS/c1-9(2)5-12-14-7-11(18-12)8-16-13(17)15-6-10(3)4/h7,9H,3,5-6,8H2,1-2,4H3,(H2,15,16,17). The Morgan fingerprint density at radius 1 is 1.50 bits per heavy atom. The van der Waals surface area contributed by atoms with Gasteiger partial charge in [0.1, 0.15) is 0 Å². The minimum absolute atomic E-state index is 0.170. The SMILES string of the molecule is C=C(C)CNC(=O)NCc1cnc(CC(C)C)s1. The van der Waals surface area contributed by atoms with Crippen LogP contribution in [0.25, 0.3) is 0 Å². The lowest BCUT2D eigenvalue weighted by atomic mass is 10.1. The lowest BCUT2D eigenvalue weighted by molar-refractivity contribution is 0.241. The van der Waals surface area contributed by atoms with Crippen LogP contribution in [0.2, 0.25) is 0 Å². The second kappa shape index (κ2) is 7.16. The van der Waals surface area contributed by atoms with E-state index < -0.39 is 0 Å². The number of carbonyl (C=O) groups excluding carboxylic acids is 1. The molecule has 0 aliphatic heterocycles. The van der Waals surface area contributed by atoms with Crippen molar-refractivity contribution in [2.75, 3.05) is 6.54 Å². The van der Waals surface area contributed by atoms with E-state index in [0.717, 1.165) is 21.9 Å². The third-order valence-corrected chi connectivity index (χ3v) is 3.18. The molecule has 2 N–H and O–H groups in total. The Labute approximate surface area is 113 Å². The van der Waals surface area contributed by atoms with Gasteiger partial charge in [-0.3, -0.25) is 0 Å². The number of aromatic nitrogens is 1. The molecule has 0 saturated carbocycles. The third-order valence-electron chi connectivity index (χ3n) is 2.16. The van der Waals surface area contributed by atoms with Crippen molar-refractivity contribution in [3.8, 4) is 0 Å². The Balaban J connectivity index is 2.32. The Morgan fingerprint density at radius 3 is 2.83 bits per heavy atom. The first kappa shape index (κ1) is 14.7. The molecule has 0 aliphatic rings. The molecule has 100 valence electrons. The number of hydrogen-bond acceptors (Lipinski definition) is 3. The average molecular weight is 267 g/mol. The smallest absolute Gasteiger partial charge is 0.315 e. The Bertz CT molecular complexity index is 412. The molecule has 0 spiro atoms. The first-order valence-electron chi connectivity index (χ1n) is 6.07. The Hall–Kier alpha value is -1.36. The van der Waals surface area contributed by atoms with E-state index in [1.807, 2.05) is 13.1 Å². The maximum Gasteiger partial charge on any atom is 0.315 e. The molecule has 0 aromatic carbocycles. The van der Waals surface area contributed by atoms with Crippen LogP contribution in [-0.4, -0.2) is 17.6 Å². The third kappa shape index (κ3) is 5.82. The lowest BCUT2D eigenvalue weighted by Crippen LogP contribution is -2.35. The fourth-order valence-electron chi connectivity index (χ4n) is 1.33. The van der Waals surface area contributed by atoms with Gasteiger partial charge >= 0.3 is 6.03 Å². The maximum atomic E-state index is 11.4. The van der Waals surface area contributed by atoms with E-state index in [0.29, 0.717) is 19.0 Å². The van der Waals surface area contributed by atoms with Crippen molar-refractivity contribution < 1.29 is 4.79 Å². The summed E-state index contributed by atoms with van der Waals surface area (Å²) in [6.07, 6.45) is 2.83. The maximum absolute atomic E-state index is 11.4. The zero-order valence-corrected chi connectivity index (χ0v) is 12.1. The van der Waals surface area contributed by atoms with Gasteiger partial charge in [-0.05, 0) is 12.8 Å². The summed E-state index contributed by atoms with van der Waals surface area (Å²) >= 11 is 1.66. The van der Waals surface area contributed by atoms with Crippen LogP contribution in [0.4, 0.5) is 4.79 Å². The number of amides is 2. The average Bonchev–Trinajstić information content (AvgIpc) is 2.70. The molecule has 1 rings (SSSR count). The highest BCUT2D eigenvalue weighted by Crippen LogP contribution is 2.16. The van der Waals surface area contributed by atoms with E-state index in [-0.39, 0.29) is 6.03 Å². The summed E-state index contributed by atoms with van der Waals surface area (Å²) < 4.78 is 0. The number of rotatable bonds is 6. The minimum Gasteiger partial charge on any atom is -0.334 e. The van der Waals surface area contributed by atoms with Crippen molar-refractivity contribution in [3.05, 3.63) is 28.2 Å². The fourth-order valence-corrected chi connectivity index (χ4v) is 2.41. The molecule has 0 radical (unpaired) electrons. The molecule has 1 aromatic heterocycles. The molecule has 0 bridgehead atoms. The summed E-state index contributed by atoms with van der Waals surface area (Å²) in [6.45, 7) is 11.0. The highest BCUT2D eigenvalue weighted by molar-refractivity contribution is 7.11. The molecule has 0 fully saturated rings. The summed E-state index contributed by atoms with van der Waals surface area (Å²) in [5.74, 6) is 0.607. The van der Waals surface area contributed by atoms with Crippen LogP contribution in [0, 0.1) is 5.92 Å². The van der Waals surface area contributed by atoms with E-state index in [9.17, 15) is 4.79 Å². The van der Waals surface area contributed by atoms with Crippen molar-refractivity contribution in [2.24, 2.45) is 5.92 Å². The molecule has 0 saturated heterocycles. The largest absolute Gasteiger partial charge is 0.334 e. The normalized spacial score (nSPS) is 10.4. The summed E-state index contributed by atoms with van der Waals surface area (Å²) in [5, 5.41) is 6.66. The van der Waals surface area contributed by atoms with E-state index in [4.69, 9.17) is 0 Å². The zero-order chi connectivity index (χ0) is 13.5. The van der Waals surface area contributed by atoms with Gasteiger partial charge in [0.2, 0.25) is 0 Å². The molecule has 1 aromatic rings. The summed E-state index contributed by atoms with van der Waals surface area (Å²) in [5.41, 5.74) is 0.933. The van der Waals surface area contributed by atoms with Gasteiger partial charge in [0.05, 0.1) is 11.6 Å². The zero-order valence-electron chi connectivity index (χ0n) is 11.2. The quantitative estimate of drug-likeness (QED) is 0.779. The minimum atomic E-state index is -0.170. The second-order valence-electron chi connectivity index (χ2n) is 4.81. The van der Waals surface area contributed by atoms with E-state index in [2.05, 4.69) is 36.0 Å². The molecule has 5 heteroatoms. The van der Waals surface area contributed by atoms with Gasteiger partial charge in [-0.15, -0.1) is 11.3 Å². The Morgan fingerprint density at radius 2 is 2.22 bits per heavy atom. The summed E-state index contributed by atoms with van der Waals surface area (Å²) in [7, 11) is 0. The van der Waals surface area contributed by atoms with Crippen molar-refractivity contribution in [1.29, 1.82) is 0 Å².